The molecule has 5 heteroatoms. The smallest absolute Gasteiger partial charge is 0.305 e. The molecule has 5 unspecified atom stereocenters. The lowest BCUT2D eigenvalue weighted by Gasteiger charge is -2.58. The lowest BCUT2D eigenvalue weighted by Crippen LogP contribution is -2.55. The average molecular weight is 427 g/mol. The molecule has 0 bridgehead atoms. The van der Waals surface area contributed by atoms with E-state index >= 15 is 0 Å². The summed E-state index contributed by atoms with van der Waals surface area (Å²) in [4.78, 5) is 12.1. The van der Waals surface area contributed by atoms with Gasteiger partial charge in [-0.1, -0.05) is 41.9 Å². The molecule has 0 radical (unpaired) electrons. The quantitative estimate of drug-likeness (QED) is 0.403. The lowest BCUT2D eigenvalue weighted by molar-refractivity contribution is -0.156. The summed E-state index contributed by atoms with van der Waals surface area (Å²) in [6.45, 7) is 4.17. The summed E-state index contributed by atoms with van der Waals surface area (Å²) in [5.41, 5.74) is 0.0636. The van der Waals surface area contributed by atoms with E-state index in [9.17, 15) is 15.0 Å². The van der Waals surface area contributed by atoms with Crippen LogP contribution in [0, 0.1) is 35.0 Å². The molecule has 0 aromatic heterocycles. The number of allylic oxidation sites excluding steroid dienone is 1. The van der Waals surface area contributed by atoms with Crippen molar-refractivity contribution in [3.05, 3.63) is 12.2 Å². The zero-order valence-corrected chi connectivity index (χ0v) is 17.3. The van der Waals surface area contributed by atoms with Gasteiger partial charge in [-0.3, -0.25) is 4.79 Å². The zero-order valence-electron chi connectivity index (χ0n) is 15.7. The second kappa shape index (κ2) is 6.89. The van der Waals surface area contributed by atoms with Crippen molar-refractivity contribution in [2.24, 2.45) is 35.0 Å². The van der Waals surface area contributed by atoms with Crippen LogP contribution in [0.4, 0.5) is 0 Å². The van der Waals surface area contributed by atoms with Gasteiger partial charge in [0.25, 0.3) is 0 Å². The Bertz CT molecular complexity index is 593. The fraction of sp³-hybridized carbons (Fsp3) is 0.857. The summed E-state index contributed by atoms with van der Waals surface area (Å²) in [7, 11) is 0. The molecule has 26 heavy (non-hydrogen) atoms. The molecule has 0 aromatic carbocycles. The SMILES string of the molecule is CCC(=O)O[C@H]1[C@H](Br)CC2C3C(O)CC4C[C@@H](O)C=C[C@]4(C)C3CC[C@@H]21. The standard InChI is InChI=1S/C21H31BrO4/c1-3-18(25)26-20-13-4-5-15-19(14(13)10-16(20)22)17(24)9-11-8-12(23)6-7-21(11,15)2/h6-7,11-17,19-20,23-24H,3-5,8-10H2,1-2H3/t11?,12-,13-,14?,15?,16+,17?,19?,20+,21-/m0/s1. The number of aliphatic hydroxyl groups is 2. The number of alkyl halides is 1. The molecule has 146 valence electrons. The van der Waals surface area contributed by atoms with E-state index < -0.39 is 0 Å². The third-order valence-corrected chi connectivity index (χ3v) is 8.90. The predicted octanol–water partition coefficient (Wildman–Crippen LogP) is 3.44. The van der Waals surface area contributed by atoms with Crippen molar-refractivity contribution < 1.29 is 19.7 Å². The van der Waals surface area contributed by atoms with Crippen molar-refractivity contribution in [2.45, 2.75) is 75.5 Å². The van der Waals surface area contributed by atoms with E-state index in [1.165, 1.54) is 0 Å². The summed E-state index contributed by atoms with van der Waals surface area (Å²) in [5, 5.41) is 21.1. The van der Waals surface area contributed by atoms with Crippen molar-refractivity contribution in [1.29, 1.82) is 0 Å². The summed E-state index contributed by atoms with van der Waals surface area (Å²) in [6, 6.07) is 0. The van der Waals surface area contributed by atoms with Crippen LogP contribution in [0.15, 0.2) is 12.2 Å². The Morgan fingerprint density at radius 2 is 2.00 bits per heavy atom. The lowest BCUT2D eigenvalue weighted by atomic mass is 9.48. The summed E-state index contributed by atoms with van der Waals surface area (Å²) in [6.07, 6.45) is 8.50. The largest absolute Gasteiger partial charge is 0.461 e. The maximum Gasteiger partial charge on any atom is 0.305 e. The Hall–Kier alpha value is -0.390. The first-order valence-corrected chi connectivity index (χ1v) is 11.2. The van der Waals surface area contributed by atoms with Crippen LogP contribution in [0.3, 0.4) is 0 Å². The highest BCUT2D eigenvalue weighted by molar-refractivity contribution is 9.09. The minimum atomic E-state index is -0.371. The van der Waals surface area contributed by atoms with Crippen LogP contribution in [0.5, 0.6) is 0 Å². The molecule has 4 nitrogen and oxygen atoms in total. The minimum Gasteiger partial charge on any atom is -0.461 e. The van der Waals surface area contributed by atoms with Crippen molar-refractivity contribution in [1.82, 2.24) is 0 Å². The molecule has 2 N–H and O–H groups in total. The fourth-order valence-electron chi connectivity index (χ4n) is 6.74. The summed E-state index contributed by atoms with van der Waals surface area (Å²) in [5.74, 6) is 1.69. The topological polar surface area (TPSA) is 66.8 Å². The van der Waals surface area contributed by atoms with Gasteiger partial charge >= 0.3 is 5.97 Å². The van der Waals surface area contributed by atoms with E-state index in [0.29, 0.717) is 30.1 Å². The van der Waals surface area contributed by atoms with E-state index in [1.807, 2.05) is 13.0 Å². The van der Waals surface area contributed by atoms with Gasteiger partial charge in [0.1, 0.15) is 6.10 Å². The van der Waals surface area contributed by atoms with Crippen LogP contribution < -0.4 is 0 Å². The summed E-state index contributed by atoms with van der Waals surface area (Å²) >= 11 is 3.77. The van der Waals surface area contributed by atoms with Crippen LogP contribution >= 0.6 is 15.9 Å². The van der Waals surface area contributed by atoms with Gasteiger partial charge in [0.2, 0.25) is 0 Å². The molecule has 3 saturated carbocycles. The van der Waals surface area contributed by atoms with Gasteiger partial charge < -0.3 is 14.9 Å². The van der Waals surface area contributed by atoms with E-state index in [-0.39, 0.29) is 40.4 Å². The summed E-state index contributed by atoms with van der Waals surface area (Å²) < 4.78 is 5.79. The second-order valence-electron chi connectivity index (χ2n) is 9.18. The number of halogens is 1. The molecule has 10 atom stereocenters. The molecule has 0 aliphatic heterocycles. The highest BCUT2D eigenvalue weighted by Crippen LogP contribution is 2.62. The maximum absolute atomic E-state index is 11.9. The number of carbonyl (C=O) groups excluding carboxylic acids is 1. The van der Waals surface area contributed by atoms with Gasteiger partial charge in [0.05, 0.1) is 17.0 Å². The van der Waals surface area contributed by atoms with Gasteiger partial charge in [-0.25, -0.2) is 0 Å². The van der Waals surface area contributed by atoms with Crippen molar-refractivity contribution >= 4 is 21.9 Å². The van der Waals surface area contributed by atoms with Crippen LogP contribution in [-0.2, 0) is 9.53 Å². The van der Waals surface area contributed by atoms with Crippen molar-refractivity contribution in [3.63, 3.8) is 0 Å². The van der Waals surface area contributed by atoms with Crippen molar-refractivity contribution in [3.8, 4) is 0 Å². The van der Waals surface area contributed by atoms with Gasteiger partial charge in [0.15, 0.2) is 0 Å². The Balaban J connectivity index is 1.60. The highest BCUT2D eigenvalue weighted by atomic mass is 79.9. The molecular formula is C21H31BrO4. The number of rotatable bonds is 2. The number of hydrogen-bond acceptors (Lipinski definition) is 4. The minimum absolute atomic E-state index is 0.0603. The second-order valence-corrected chi connectivity index (χ2v) is 10.4. The van der Waals surface area contributed by atoms with Gasteiger partial charge in [-0.2, -0.15) is 0 Å². The molecule has 4 rings (SSSR count). The van der Waals surface area contributed by atoms with Crippen LogP contribution in [-0.4, -0.2) is 39.3 Å². The first-order chi connectivity index (χ1) is 12.3. The molecule has 4 aliphatic rings. The molecule has 0 heterocycles. The maximum atomic E-state index is 11.9. The molecule has 0 spiro atoms. The van der Waals surface area contributed by atoms with E-state index in [1.54, 1.807) is 0 Å². The van der Waals surface area contributed by atoms with E-state index in [4.69, 9.17) is 4.74 Å². The first-order valence-electron chi connectivity index (χ1n) is 10.2. The molecule has 4 aliphatic carbocycles. The fourth-order valence-corrected chi connectivity index (χ4v) is 7.68. The Morgan fingerprint density at radius 1 is 1.23 bits per heavy atom. The third kappa shape index (κ3) is 2.89. The monoisotopic (exact) mass is 426 g/mol. The molecular weight excluding hydrogens is 396 g/mol. The van der Waals surface area contributed by atoms with Crippen LogP contribution in [0.1, 0.15) is 52.4 Å². The van der Waals surface area contributed by atoms with Crippen LogP contribution in [0.25, 0.3) is 0 Å². The molecule has 0 aromatic rings. The van der Waals surface area contributed by atoms with Gasteiger partial charge in [-0.15, -0.1) is 0 Å². The number of ether oxygens (including phenoxy) is 1. The number of esters is 1. The predicted molar refractivity (Wildman–Crippen MR) is 103 cm³/mol. The molecule has 3 fully saturated rings. The number of hydrogen-bond donors (Lipinski definition) is 2. The normalized spacial score (nSPS) is 52.7. The van der Waals surface area contributed by atoms with Crippen molar-refractivity contribution in [2.75, 3.05) is 0 Å². The van der Waals surface area contributed by atoms with Gasteiger partial charge in [0, 0.05) is 12.3 Å². The number of carbonyl (C=O) groups is 1. The number of fused-ring (bicyclic) bond motifs is 5. The zero-order chi connectivity index (χ0) is 18.6. The Morgan fingerprint density at radius 3 is 2.73 bits per heavy atom. The van der Waals surface area contributed by atoms with E-state index in [0.717, 1.165) is 32.1 Å². The molecule has 0 saturated heterocycles. The van der Waals surface area contributed by atoms with Gasteiger partial charge in [-0.05, 0) is 61.2 Å². The Labute approximate surface area is 164 Å². The average Bonchev–Trinajstić information content (AvgIpc) is 2.92. The third-order valence-electron chi connectivity index (χ3n) is 8.00. The first kappa shape index (κ1) is 18.9. The van der Waals surface area contributed by atoms with Crippen LogP contribution in [0.2, 0.25) is 0 Å². The Kier molecular flexibility index (Phi) is 5.02. The number of aliphatic hydroxyl groups excluding tert-OH is 2. The molecule has 0 amide bonds. The van der Waals surface area contributed by atoms with E-state index in [2.05, 4.69) is 28.9 Å². The highest BCUT2D eigenvalue weighted by Gasteiger charge is 2.60.